The molecule has 21 heavy (non-hydrogen) atoms. The molecular weight excluding hydrogens is 270 g/mol. The molecule has 0 aliphatic carbocycles. The normalized spacial score (nSPS) is 12.5. The van der Waals surface area contributed by atoms with E-state index in [4.69, 9.17) is 5.11 Å². The first-order chi connectivity index (χ1) is 9.72. The summed E-state index contributed by atoms with van der Waals surface area (Å²) in [6.07, 6.45) is 0.916. The second-order valence-corrected chi connectivity index (χ2v) is 5.79. The Morgan fingerprint density at radius 1 is 1.33 bits per heavy atom. The third kappa shape index (κ3) is 4.88. The van der Waals surface area contributed by atoms with Crippen LogP contribution in [0.4, 0.5) is 0 Å². The summed E-state index contributed by atoms with van der Waals surface area (Å²) in [4.78, 5) is 22.8. The van der Waals surface area contributed by atoms with Crippen molar-refractivity contribution in [3.63, 3.8) is 0 Å². The van der Waals surface area contributed by atoms with Crippen molar-refractivity contribution >= 4 is 11.9 Å². The number of carboxylic acid groups (broad SMARTS) is 1. The molecule has 1 aromatic rings. The number of carbonyl (C=O) groups is 2. The molecule has 2 N–H and O–H groups in total. The van der Waals surface area contributed by atoms with E-state index in [0.717, 1.165) is 17.0 Å². The van der Waals surface area contributed by atoms with Gasteiger partial charge >= 0.3 is 5.97 Å². The third-order valence-corrected chi connectivity index (χ3v) is 3.81. The van der Waals surface area contributed by atoms with Crippen molar-refractivity contribution in [2.24, 2.45) is 13.0 Å². The monoisotopic (exact) mass is 295 g/mol. The average Bonchev–Trinajstić information content (AvgIpc) is 2.60. The van der Waals surface area contributed by atoms with E-state index < -0.39 is 5.97 Å². The number of carbonyl (C=O) groups excluding carboxylic acids is 1. The molecule has 0 bridgehead atoms. The summed E-state index contributed by atoms with van der Waals surface area (Å²) in [5.41, 5.74) is 3.09. The Morgan fingerprint density at radius 3 is 2.38 bits per heavy atom. The largest absolute Gasteiger partial charge is 0.481 e. The maximum Gasteiger partial charge on any atom is 0.305 e. The van der Waals surface area contributed by atoms with Gasteiger partial charge in [-0.15, -0.1) is 0 Å². The van der Waals surface area contributed by atoms with Crippen LogP contribution in [0.15, 0.2) is 0 Å². The number of amides is 1. The molecule has 118 valence electrons. The van der Waals surface area contributed by atoms with E-state index in [1.807, 2.05) is 39.4 Å². The summed E-state index contributed by atoms with van der Waals surface area (Å²) in [5.74, 6) is -0.919. The highest BCUT2D eigenvalue weighted by Gasteiger charge is 2.20. The SMILES string of the molecule is Cc1nn(C)c(C)c1CCC(=O)NC(CC(=O)O)C(C)C. The summed E-state index contributed by atoms with van der Waals surface area (Å²) < 4.78 is 1.81. The van der Waals surface area contributed by atoms with Crippen LogP contribution in [0.1, 0.15) is 43.6 Å². The number of aryl methyl sites for hydroxylation is 2. The minimum Gasteiger partial charge on any atom is -0.481 e. The van der Waals surface area contributed by atoms with Gasteiger partial charge in [-0.2, -0.15) is 5.10 Å². The molecular formula is C15H25N3O3. The Hall–Kier alpha value is -1.85. The van der Waals surface area contributed by atoms with E-state index in [-0.39, 0.29) is 24.3 Å². The summed E-state index contributed by atoms with van der Waals surface area (Å²) in [5, 5.41) is 16.0. The molecule has 0 aromatic carbocycles. The fraction of sp³-hybridized carbons (Fsp3) is 0.667. The van der Waals surface area contributed by atoms with Crippen molar-refractivity contribution in [3.05, 3.63) is 17.0 Å². The Labute approximate surface area is 125 Å². The molecule has 1 unspecified atom stereocenters. The fourth-order valence-corrected chi connectivity index (χ4v) is 2.34. The summed E-state index contributed by atoms with van der Waals surface area (Å²) in [6.45, 7) is 7.72. The van der Waals surface area contributed by atoms with Gasteiger partial charge in [0, 0.05) is 25.2 Å². The number of carboxylic acids is 1. The molecule has 0 radical (unpaired) electrons. The average molecular weight is 295 g/mol. The number of rotatable bonds is 7. The predicted octanol–water partition coefficient (Wildman–Crippen LogP) is 1.59. The van der Waals surface area contributed by atoms with Gasteiger partial charge in [0.05, 0.1) is 12.1 Å². The molecule has 0 fully saturated rings. The van der Waals surface area contributed by atoms with E-state index in [0.29, 0.717) is 12.8 Å². The lowest BCUT2D eigenvalue weighted by atomic mass is 10.0. The van der Waals surface area contributed by atoms with Crippen LogP contribution < -0.4 is 5.32 Å². The minimum absolute atomic E-state index is 0.0473. The van der Waals surface area contributed by atoms with Crippen molar-refractivity contribution in [1.82, 2.24) is 15.1 Å². The zero-order chi connectivity index (χ0) is 16.2. The quantitative estimate of drug-likeness (QED) is 0.800. The van der Waals surface area contributed by atoms with Gasteiger partial charge in [0.2, 0.25) is 5.91 Å². The van der Waals surface area contributed by atoms with E-state index >= 15 is 0 Å². The van der Waals surface area contributed by atoms with Gasteiger partial charge in [0.1, 0.15) is 0 Å². The van der Waals surface area contributed by atoms with E-state index in [2.05, 4.69) is 10.4 Å². The molecule has 1 aromatic heterocycles. The van der Waals surface area contributed by atoms with Gasteiger partial charge < -0.3 is 10.4 Å². The van der Waals surface area contributed by atoms with Crippen molar-refractivity contribution in [2.45, 2.75) is 53.0 Å². The first kappa shape index (κ1) is 17.2. The lowest BCUT2D eigenvalue weighted by Crippen LogP contribution is -2.40. The zero-order valence-corrected chi connectivity index (χ0v) is 13.4. The van der Waals surface area contributed by atoms with Crippen molar-refractivity contribution in [1.29, 1.82) is 0 Å². The molecule has 0 spiro atoms. The smallest absolute Gasteiger partial charge is 0.305 e. The third-order valence-electron chi connectivity index (χ3n) is 3.81. The maximum atomic E-state index is 12.0. The van der Waals surface area contributed by atoms with Gasteiger partial charge in [0.25, 0.3) is 0 Å². The first-order valence-corrected chi connectivity index (χ1v) is 7.22. The van der Waals surface area contributed by atoms with Crippen LogP contribution in [-0.2, 0) is 23.1 Å². The molecule has 6 heteroatoms. The Kier molecular flexibility index (Phi) is 5.93. The Morgan fingerprint density at radius 2 is 1.95 bits per heavy atom. The second kappa shape index (κ2) is 7.24. The van der Waals surface area contributed by atoms with Gasteiger partial charge in [-0.05, 0) is 31.7 Å². The molecule has 1 atom stereocenters. The maximum absolute atomic E-state index is 12.0. The van der Waals surface area contributed by atoms with Crippen LogP contribution in [0.3, 0.4) is 0 Å². The second-order valence-electron chi connectivity index (χ2n) is 5.79. The van der Waals surface area contributed by atoms with Crippen LogP contribution in [0.25, 0.3) is 0 Å². The van der Waals surface area contributed by atoms with E-state index in [9.17, 15) is 9.59 Å². The molecule has 0 saturated heterocycles. The van der Waals surface area contributed by atoms with E-state index in [1.54, 1.807) is 0 Å². The van der Waals surface area contributed by atoms with Crippen LogP contribution in [0, 0.1) is 19.8 Å². The van der Waals surface area contributed by atoms with Gasteiger partial charge in [-0.25, -0.2) is 0 Å². The lowest BCUT2D eigenvalue weighted by Gasteiger charge is -2.20. The van der Waals surface area contributed by atoms with Crippen LogP contribution in [0.2, 0.25) is 0 Å². The highest BCUT2D eigenvalue weighted by Crippen LogP contribution is 2.14. The number of hydrogen-bond acceptors (Lipinski definition) is 3. The Bertz CT molecular complexity index is 520. The number of nitrogens with one attached hydrogen (secondary N) is 1. The van der Waals surface area contributed by atoms with E-state index in [1.165, 1.54) is 0 Å². The van der Waals surface area contributed by atoms with Crippen molar-refractivity contribution < 1.29 is 14.7 Å². The standard InChI is InChI=1S/C15H25N3O3/c1-9(2)13(8-15(20)21)16-14(19)7-6-12-10(3)17-18(5)11(12)4/h9,13H,6-8H2,1-5H3,(H,16,19)(H,20,21). The number of aliphatic carboxylic acids is 1. The van der Waals surface area contributed by atoms with Crippen LogP contribution in [-0.4, -0.2) is 32.8 Å². The molecule has 0 aliphatic rings. The molecule has 1 amide bonds. The molecule has 1 rings (SSSR count). The number of nitrogens with zero attached hydrogens (tertiary/aromatic N) is 2. The fourth-order valence-electron chi connectivity index (χ4n) is 2.34. The molecule has 6 nitrogen and oxygen atoms in total. The summed E-state index contributed by atoms with van der Waals surface area (Å²) in [7, 11) is 1.88. The minimum atomic E-state index is -0.895. The summed E-state index contributed by atoms with van der Waals surface area (Å²) >= 11 is 0. The van der Waals surface area contributed by atoms with Gasteiger partial charge in [0.15, 0.2) is 0 Å². The van der Waals surface area contributed by atoms with Gasteiger partial charge in [-0.1, -0.05) is 13.8 Å². The Balaban J connectivity index is 2.58. The number of aromatic nitrogens is 2. The molecule has 0 saturated carbocycles. The highest BCUT2D eigenvalue weighted by molar-refractivity contribution is 5.77. The summed E-state index contributed by atoms with van der Waals surface area (Å²) in [6, 6.07) is -0.328. The molecule has 0 aliphatic heterocycles. The predicted molar refractivity (Wildman–Crippen MR) is 80.0 cm³/mol. The molecule has 1 heterocycles. The van der Waals surface area contributed by atoms with Gasteiger partial charge in [-0.3, -0.25) is 14.3 Å². The number of hydrogen-bond donors (Lipinski definition) is 2. The van der Waals surface area contributed by atoms with Crippen LogP contribution in [0.5, 0.6) is 0 Å². The van der Waals surface area contributed by atoms with Crippen molar-refractivity contribution in [3.8, 4) is 0 Å². The lowest BCUT2D eigenvalue weighted by molar-refractivity contribution is -0.138. The van der Waals surface area contributed by atoms with Crippen molar-refractivity contribution in [2.75, 3.05) is 0 Å². The zero-order valence-electron chi connectivity index (χ0n) is 13.4. The topological polar surface area (TPSA) is 84.2 Å². The highest BCUT2D eigenvalue weighted by atomic mass is 16.4. The first-order valence-electron chi connectivity index (χ1n) is 7.22. The van der Waals surface area contributed by atoms with Crippen LogP contribution >= 0.6 is 0 Å².